The highest BCUT2D eigenvalue weighted by Gasteiger charge is 2.38. The van der Waals surface area contributed by atoms with Gasteiger partial charge in [-0.25, -0.2) is 4.79 Å². The first kappa shape index (κ1) is 16.5. The van der Waals surface area contributed by atoms with E-state index in [2.05, 4.69) is 19.2 Å². The van der Waals surface area contributed by atoms with Gasteiger partial charge < -0.3 is 24.3 Å². The van der Waals surface area contributed by atoms with Crippen molar-refractivity contribution < 1.29 is 37.1 Å². The van der Waals surface area contributed by atoms with Crippen LogP contribution in [0.2, 0.25) is 0 Å². The maximum atomic E-state index is 12.3. The summed E-state index contributed by atoms with van der Waals surface area (Å²) in [7, 11) is 0.935. The number of carbonyl (C=O) groups excluding carboxylic acids is 1. The predicted octanol–water partition coefficient (Wildman–Crippen LogP) is 2.07. The number of esters is 1. The highest BCUT2D eigenvalue weighted by atomic mass is 19.4. The number of hydrogen-bond acceptors (Lipinski definition) is 7. The second-order valence-electron chi connectivity index (χ2n) is 3.38. The summed E-state index contributed by atoms with van der Waals surface area (Å²) >= 11 is 0. The first-order valence-electron chi connectivity index (χ1n) is 5.35. The van der Waals surface area contributed by atoms with Crippen molar-refractivity contribution >= 4 is 11.8 Å². The van der Waals surface area contributed by atoms with Gasteiger partial charge in [0.15, 0.2) is 17.5 Å². The summed E-state index contributed by atoms with van der Waals surface area (Å²) in [5.41, 5.74) is -0.863. The monoisotopic (exact) mass is 310 g/mol. The van der Waals surface area contributed by atoms with E-state index in [4.69, 9.17) is 0 Å². The van der Waals surface area contributed by atoms with E-state index in [9.17, 15) is 28.1 Å². The highest BCUT2D eigenvalue weighted by molar-refractivity contribution is 5.96. The first-order chi connectivity index (χ1) is 9.71. The van der Waals surface area contributed by atoms with Crippen LogP contribution in [0.25, 0.3) is 0 Å². The molecule has 21 heavy (non-hydrogen) atoms. The van der Waals surface area contributed by atoms with Crippen LogP contribution in [0.5, 0.6) is 11.5 Å². The lowest BCUT2D eigenvalue weighted by atomic mass is 10.2. The summed E-state index contributed by atoms with van der Waals surface area (Å²) in [6, 6.07) is 0. The zero-order valence-corrected chi connectivity index (χ0v) is 10.8. The Hall–Kier alpha value is -2.59. The Morgan fingerprint density at radius 3 is 2.52 bits per heavy atom. The minimum Gasteiger partial charge on any atom is -0.488 e. The summed E-state index contributed by atoms with van der Waals surface area (Å²) < 4.78 is 49.6. The normalized spacial score (nSPS) is 10.9. The summed E-state index contributed by atoms with van der Waals surface area (Å²) in [5.74, 6) is -4.03. The number of nitrogens with zero attached hydrogens (tertiary/aromatic N) is 2. The van der Waals surface area contributed by atoms with Gasteiger partial charge in [-0.05, 0) is 16.8 Å². The first-order valence-corrected chi connectivity index (χ1v) is 5.35. The van der Waals surface area contributed by atoms with Gasteiger partial charge in [-0.3, -0.25) is 0 Å². The zero-order chi connectivity index (χ0) is 16.2. The van der Waals surface area contributed by atoms with Crippen LogP contribution in [-0.2, 0) is 4.74 Å². The molecular formula is C10H9F3N2O6. The van der Waals surface area contributed by atoms with Gasteiger partial charge in [0.2, 0.25) is 5.75 Å². The number of alkyl halides is 3. The molecule has 1 rings (SSSR count). The van der Waals surface area contributed by atoms with Gasteiger partial charge in [0.1, 0.15) is 0 Å². The fourth-order valence-corrected chi connectivity index (χ4v) is 1.39. The van der Waals surface area contributed by atoms with Gasteiger partial charge in [0.05, 0.1) is 13.7 Å². The molecule has 1 heterocycles. The van der Waals surface area contributed by atoms with Gasteiger partial charge in [-0.1, -0.05) is 0 Å². The number of nitro groups is 1. The molecule has 0 spiro atoms. The minimum atomic E-state index is -5.12. The number of hydrogen-bond donors (Lipinski definition) is 0. The van der Waals surface area contributed by atoms with Gasteiger partial charge in [0.25, 0.3) is 0 Å². The summed E-state index contributed by atoms with van der Waals surface area (Å²) in [4.78, 5) is 24.6. The van der Waals surface area contributed by atoms with Crippen molar-refractivity contribution in [1.82, 2.24) is 4.98 Å². The number of methoxy groups -OCH3 is 1. The molecule has 1 aromatic rings. The molecule has 0 saturated carbocycles. The molecule has 0 atom stereocenters. The number of ether oxygens (including phenoxy) is 3. The molecule has 0 unspecified atom stereocenters. The fraction of sp³-hybridized carbons (Fsp3) is 0.400. The van der Waals surface area contributed by atoms with Crippen LogP contribution in [0.15, 0.2) is 6.20 Å². The maximum absolute atomic E-state index is 12.3. The molecule has 116 valence electrons. The molecule has 0 aliphatic heterocycles. The zero-order valence-electron chi connectivity index (χ0n) is 10.8. The van der Waals surface area contributed by atoms with Crippen LogP contribution < -0.4 is 9.47 Å². The second-order valence-corrected chi connectivity index (χ2v) is 3.38. The van der Waals surface area contributed by atoms with Gasteiger partial charge in [-0.15, -0.1) is 13.2 Å². The van der Waals surface area contributed by atoms with Gasteiger partial charge in [-0.2, -0.15) is 0 Å². The van der Waals surface area contributed by atoms with Crippen molar-refractivity contribution in [3.05, 3.63) is 21.9 Å². The Morgan fingerprint density at radius 2 is 2.10 bits per heavy atom. The lowest BCUT2D eigenvalue weighted by Gasteiger charge is -2.13. The van der Waals surface area contributed by atoms with E-state index in [-0.39, 0.29) is 6.61 Å². The molecule has 11 heteroatoms. The number of rotatable bonds is 5. The van der Waals surface area contributed by atoms with Gasteiger partial charge >= 0.3 is 18.1 Å². The van der Waals surface area contributed by atoms with Crippen LogP contribution in [0.4, 0.5) is 19.0 Å². The molecule has 0 saturated heterocycles. The standard InChI is InChI=1S/C10H9F3N2O6/c1-3-20-9(16)6-5(21-10(11,12)13)4-14-8(15(17)18)7(6)19-2/h4H,3H2,1-2H3. The number of aromatic nitrogens is 1. The summed E-state index contributed by atoms with van der Waals surface area (Å²) in [5, 5.41) is 10.8. The quantitative estimate of drug-likeness (QED) is 0.466. The molecular weight excluding hydrogens is 301 g/mol. The van der Waals surface area contributed by atoms with E-state index >= 15 is 0 Å². The molecule has 0 bridgehead atoms. The van der Waals surface area contributed by atoms with Crippen LogP contribution in [-0.4, -0.2) is 36.0 Å². The second kappa shape index (κ2) is 6.24. The number of carbonyl (C=O) groups is 1. The minimum absolute atomic E-state index is 0.163. The fourth-order valence-electron chi connectivity index (χ4n) is 1.39. The third-order valence-electron chi connectivity index (χ3n) is 2.06. The summed E-state index contributed by atoms with van der Waals surface area (Å²) in [6.07, 6.45) is -4.72. The molecule has 1 aromatic heterocycles. The third kappa shape index (κ3) is 3.94. The molecule has 0 fully saturated rings. The van der Waals surface area contributed by atoms with E-state index in [1.165, 1.54) is 6.92 Å². The van der Waals surface area contributed by atoms with Crippen LogP contribution in [0, 0.1) is 10.1 Å². The SMILES string of the molecule is CCOC(=O)c1c(OC(F)(F)F)cnc([N+](=O)[O-])c1OC. The molecule has 0 radical (unpaired) electrons. The van der Waals surface area contributed by atoms with E-state index in [1.54, 1.807) is 0 Å². The predicted molar refractivity (Wildman–Crippen MR) is 60.1 cm³/mol. The Balaban J connectivity index is 3.51. The Bertz CT molecular complexity index is 560. The summed E-state index contributed by atoms with van der Waals surface area (Å²) in [6.45, 7) is 1.24. The van der Waals surface area contributed by atoms with Crippen molar-refractivity contribution in [2.24, 2.45) is 0 Å². The average molecular weight is 310 g/mol. The maximum Gasteiger partial charge on any atom is 0.573 e. The lowest BCUT2D eigenvalue weighted by molar-refractivity contribution is -0.390. The van der Waals surface area contributed by atoms with Crippen molar-refractivity contribution in [2.45, 2.75) is 13.3 Å². The van der Waals surface area contributed by atoms with E-state index < -0.39 is 40.1 Å². The van der Waals surface area contributed by atoms with Crippen molar-refractivity contribution in [3.8, 4) is 11.5 Å². The molecule has 8 nitrogen and oxygen atoms in total. The molecule has 0 aromatic carbocycles. The van der Waals surface area contributed by atoms with Crippen molar-refractivity contribution in [1.29, 1.82) is 0 Å². The highest BCUT2D eigenvalue weighted by Crippen LogP contribution is 2.37. The lowest BCUT2D eigenvalue weighted by Crippen LogP contribution is -2.20. The van der Waals surface area contributed by atoms with Gasteiger partial charge in [0, 0.05) is 0 Å². The van der Waals surface area contributed by atoms with E-state index in [1.807, 2.05) is 0 Å². The molecule has 0 aliphatic rings. The van der Waals surface area contributed by atoms with Crippen LogP contribution in [0.1, 0.15) is 17.3 Å². The van der Waals surface area contributed by atoms with Crippen molar-refractivity contribution in [2.75, 3.05) is 13.7 Å². The molecule has 0 amide bonds. The Kier molecular flexibility index (Phi) is 4.89. The molecule has 0 aliphatic carbocycles. The Morgan fingerprint density at radius 1 is 1.48 bits per heavy atom. The number of pyridine rings is 1. The Labute approximate surface area is 115 Å². The van der Waals surface area contributed by atoms with Crippen molar-refractivity contribution in [3.63, 3.8) is 0 Å². The topological polar surface area (TPSA) is 101 Å². The molecule has 0 N–H and O–H groups in total. The average Bonchev–Trinajstić information content (AvgIpc) is 2.35. The third-order valence-corrected chi connectivity index (χ3v) is 2.06. The van der Waals surface area contributed by atoms with Crippen LogP contribution >= 0.6 is 0 Å². The largest absolute Gasteiger partial charge is 0.573 e. The number of halogens is 3. The van der Waals surface area contributed by atoms with E-state index in [0.29, 0.717) is 6.20 Å². The van der Waals surface area contributed by atoms with Crippen LogP contribution in [0.3, 0.4) is 0 Å². The smallest absolute Gasteiger partial charge is 0.488 e. The van der Waals surface area contributed by atoms with E-state index in [0.717, 1.165) is 7.11 Å².